The Morgan fingerprint density at radius 2 is 1.97 bits per heavy atom. The molecule has 1 aromatic heterocycles. The molecule has 1 saturated heterocycles. The van der Waals surface area contributed by atoms with Crippen molar-refractivity contribution in [1.82, 2.24) is 19.6 Å². The maximum atomic E-state index is 13.2. The van der Waals surface area contributed by atoms with Crippen LogP contribution in [-0.2, 0) is 22.4 Å². The Morgan fingerprint density at radius 1 is 1.30 bits per heavy atom. The number of nitrogens with zero attached hydrogens (tertiary/aromatic N) is 4. The topological polar surface area (TPSA) is 70.5 Å². The number of carbonyl (C=O) groups is 1. The van der Waals surface area contributed by atoms with Gasteiger partial charge in [0.05, 0.1) is 23.6 Å². The molecule has 30 heavy (non-hydrogen) atoms. The number of alkyl halides is 3. The van der Waals surface area contributed by atoms with Crippen molar-refractivity contribution in [3.05, 3.63) is 46.7 Å². The normalized spacial score (nSPS) is 17.6. The molecule has 12 heteroatoms. The maximum Gasteiger partial charge on any atom is 0.416 e. The lowest BCUT2D eigenvalue weighted by Crippen LogP contribution is -2.49. The summed E-state index contributed by atoms with van der Waals surface area (Å²) in [5.74, 6) is 3.48. The molecule has 3 rings (SSSR count). The third kappa shape index (κ3) is 5.67. The Morgan fingerprint density at radius 3 is 2.57 bits per heavy atom. The molecule has 2 aromatic rings. The Hall–Kier alpha value is -2.24. The van der Waals surface area contributed by atoms with Gasteiger partial charge in [-0.1, -0.05) is 11.6 Å². The van der Waals surface area contributed by atoms with Crippen LogP contribution in [-0.4, -0.2) is 68.1 Å². The van der Waals surface area contributed by atoms with E-state index in [-0.39, 0.29) is 23.2 Å². The van der Waals surface area contributed by atoms with E-state index in [0.29, 0.717) is 31.9 Å². The molecule has 1 amide bonds. The second-order valence-electron chi connectivity index (χ2n) is 7.13. The quantitative estimate of drug-likeness (QED) is 0.708. The minimum atomic E-state index is -4.46. The number of halogens is 4. The maximum absolute atomic E-state index is 13.2. The number of carbonyl (C=O) groups excluding carboxylic acids is 1. The van der Waals surface area contributed by atoms with Gasteiger partial charge in [0.25, 0.3) is 0 Å². The molecule has 0 spiro atoms. The Labute approximate surface area is 177 Å². The third-order valence-corrected chi connectivity index (χ3v) is 5.42. The summed E-state index contributed by atoms with van der Waals surface area (Å²) >= 11 is 5.88. The molecule has 1 aliphatic rings. The summed E-state index contributed by atoms with van der Waals surface area (Å²) in [7, 11) is -2.49. The van der Waals surface area contributed by atoms with Crippen molar-refractivity contribution in [1.29, 1.82) is 0 Å². The van der Waals surface area contributed by atoms with Gasteiger partial charge in [-0.2, -0.15) is 23.0 Å². The van der Waals surface area contributed by atoms with Crippen LogP contribution in [0.4, 0.5) is 23.7 Å². The van der Waals surface area contributed by atoms with Gasteiger partial charge < -0.3 is 9.62 Å². The van der Waals surface area contributed by atoms with E-state index in [0.717, 1.165) is 10.7 Å². The highest BCUT2D eigenvalue weighted by Gasteiger charge is 2.34. The first-order valence-electron chi connectivity index (χ1n) is 8.94. The monoisotopic (exact) mass is 463 g/mol. The van der Waals surface area contributed by atoms with E-state index in [1.54, 1.807) is 4.90 Å². The summed E-state index contributed by atoms with van der Waals surface area (Å²) < 4.78 is 55.2. The van der Waals surface area contributed by atoms with Gasteiger partial charge >= 0.3 is 12.2 Å². The van der Waals surface area contributed by atoms with E-state index in [2.05, 4.69) is 15.7 Å². The molecular weight excluding hydrogens is 443 g/mol. The van der Waals surface area contributed by atoms with Gasteiger partial charge in [0.15, 0.2) is 0 Å². The predicted molar refractivity (Wildman–Crippen MR) is 111 cm³/mol. The highest BCUT2D eigenvalue weighted by Crippen LogP contribution is 2.34. The van der Waals surface area contributed by atoms with Crippen LogP contribution in [0.5, 0.6) is 0 Å². The first kappa shape index (κ1) is 22.4. The van der Waals surface area contributed by atoms with E-state index >= 15 is 0 Å². The fourth-order valence-corrected chi connectivity index (χ4v) is 3.98. The first-order valence-corrected chi connectivity index (χ1v) is 11.5. The van der Waals surface area contributed by atoms with Crippen LogP contribution >= 0.6 is 11.6 Å². The van der Waals surface area contributed by atoms with E-state index < -0.39 is 21.4 Å². The summed E-state index contributed by atoms with van der Waals surface area (Å²) in [5.41, 5.74) is -0.195. The SMILES string of the molecule is C=S(C)(=O)Nc1cnn(C(=O)N2CCN(Cc3cc(Cl)ccc3C(F)(F)F)CC2)c1. The minimum absolute atomic E-state index is 0.0850. The number of benzene rings is 1. The zero-order valence-corrected chi connectivity index (χ0v) is 17.7. The molecule has 1 fully saturated rings. The van der Waals surface area contributed by atoms with E-state index in [4.69, 9.17) is 11.6 Å². The van der Waals surface area contributed by atoms with E-state index in [1.165, 1.54) is 30.8 Å². The molecule has 0 saturated carbocycles. The molecule has 0 aliphatic carbocycles. The number of hydrogen-bond acceptors (Lipinski definition) is 4. The van der Waals surface area contributed by atoms with Gasteiger partial charge in [0.2, 0.25) is 0 Å². The van der Waals surface area contributed by atoms with Gasteiger partial charge in [-0.15, -0.1) is 0 Å². The van der Waals surface area contributed by atoms with Gasteiger partial charge in [-0.3, -0.25) is 4.90 Å². The van der Waals surface area contributed by atoms with Crippen LogP contribution in [0.2, 0.25) is 5.02 Å². The van der Waals surface area contributed by atoms with Crippen molar-refractivity contribution in [3.8, 4) is 0 Å². The second kappa shape index (κ2) is 8.48. The van der Waals surface area contributed by atoms with Crippen LogP contribution in [0.1, 0.15) is 11.1 Å². The van der Waals surface area contributed by atoms with Crippen molar-refractivity contribution in [2.75, 3.05) is 37.2 Å². The lowest BCUT2D eigenvalue weighted by molar-refractivity contribution is -0.138. The molecule has 1 atom stereocenters. The predicted octanol–water partition coefficient (Wildman–Crippen LogP) is 3.01. The zero-order valence-electron chi connectivity index (χ0n) is 16.2. The highest BCUT2D eigenvalue weighted by molar-refractivity contribution is 8.00. The standard InChI is InChI=1S/C18H21ClF3N5O2S/c1-30(2,29)24-15-10-23-27(12-15)17(28)26-7-5-25(6-8-26)11-13-9-14(19)3-4-16(13)18(20,21)22/h3-4,9-10,12H,1,5-8,11H2,2H3,(H,24,29). The molecule has 0 radical (unpaired) electrons. The molecule has 7 nitrogen and oxygen atoms in total. The Kier molecular flexibility index (Phi) is 6.34. The average molecular weight is 464 g/mol. The molecule has 1 N–H and O–H groups in total. The summed E-state index contributed by atoms with van der Waals surface area (Å²) in [6.07, 6.45) is -0.236. The molecule has 164 valence electrons. The van der Waals surface area contributed by atoms with Crippen LogP contribution in [0.15, 0.2) is 30.6 Å². The Bertz CT molecular complexity index is 1030. The van der Waals surface area contributed by atoms with Crippen LogP contribution in [0.3, 0.4) is 0 Å². The number of nitrogens with one attached hydrogen (secondary N) is 1. The van der Waals surface area contributed by atoms with Crippen molar-refractivity contribution < 1.29 is 22.2 Å². The fourth-order valence-electron chi connectivity index (χ4n) is 3.18. The van der Waals surface area contributed by atoms with Crippen molar-refractivity contribution in [2.24, 2.45) is 0 Å². The lowest BCUT2D eigenvalue weighted by atomic mass is 10.1. The number of rotatable bonds is 4. The van der Waals surface area contributed by atoms with Crippen LogP contribution in [0.25, 0.3) is 0 Å². The number of anilines is 1. The van der Waals surface area contributed by atoms with Crippen molar-refractivity contribution >= 4 is 38.9 Å². The molecule has 0 bridgehead atoms. The molecule has 1 aliphatic heterocycles. The zero-order chi connectivity index (χ0) is 22.1. The summed E-state index contributed by atoms with van der Waals surface area (Å²) in [6.45, 7) is 1.57. The van der Waals surface area contributed by atoms with Crippen LogP contribution in [0, 0.1) is 0 Å². The van der Waals surface area contributed by atoms with Crippen molar-refractivity contribution in [2.45, 2.75) is 12.7 Å². The van der Waals surface area contributed by atoms with Gasteiger partial charge in [-0.05, 0) is 29.6 Å². The number of piperazine rings is 1. The van der Waals surface area contributed by atoms with E-state index in [1.807, 2.05) is 4.90 Å². The first-order chi connectivity index (χ1) is 13.9. The van der Waals surface area contributed by atoms with Gasteiger partial charge in [0.1, 0.15) is 0 Å². The van der Waals surface area contributed by atoms with Gasteiger partial charge in [-0.25, -0.2) is 9.00 Å². The third-order valence-electron chi connectivity index (χ3n) is 4.52. The smallest absolute Gasteiger partial charge is 0.320 e. The number of aromatic nitrogens is 2. The van der Waals surface area contributed by atoms with E-state index in [9.17, 15) is 22.2 Å². The van der Waals surface area contributed by atoms with Crippen molar-refractivity contribution in [3.63, 3.8) is 0 Å². The molecule has 2 heterocycles. The molecule has 1 unspecified atom stereocenters. The summed E-state index contributed by atoms with van der Waals surface area (Å²) in [5, 5.41) is 4.21. The minimum Gasteiger partial charge on any atom is -0.320 e. The van der Waals surface area contributed by atoms with Crippen LogP contribution < -0.4 is 4.72 Å². The number of amides is 1. The average Bonchev–Trinajstić information content (AvgIpc) is 3.07. The fraction of sp³-hybridized carbons (Fsp3) is 0.389. The number of hydrogen-bond donors (Lipinski definition) is 1. The molecule has 1 aromatic carbocycles. The second-order valence-corrected chi connectivity index (χ2v) is 9.78. The lowest BCUT2D eigenvalue weighted by Gasteiger charge is -2.34. The summed E-state index contributed by atoms with van der Waals surface area (Å²) in [4.78, 5) is 16.0. The summed E-state index contributed by atoms with van der Waals surface area (Å²) in [6, 6.07) is 3.17. The largest absolute Gasteiger partial charge is 0.416 e. The highest BCUT2D eigenvalue weighted by atomic mass is 35.5. The van der Waals surface area contributed by atoms with Gasteiger partial charge in [0, 0.05) is 53.7 Å². The molecular formula is C18H21ClF3N5O2S. The Balaban J connectivity index is 1.62.